The molecular formula is C23H27IN4O. The average Bonchev–Trinajstić information content (AvgIpc) is 2.69. The molecule has 3 N–H and O–H groups in total. The Morgan fingerprint density at radius 3 is 2.45 bits per heavy atom. The molecule has 0 radical (unpaired) electrons. The topological polar surface area (TPSA) is 72.4 Å². The molecular weight excluding hydrogens is 475 g/mol. The maximum Gasteiger partial charge on any atom is 0.250 e. The maximum absolute atomic E-state index is 11.8. The second kappa shape index (κ2) is 10.8. The number of hydrogen-bond donors (Lipinski definition) is 2. The van der Waals surface area contributed by atoms with E-state index in [1.807, 2.05) is 42.5 Å². The zero-order valence-corrected chi connectivity index (χ0v) is 19.0. The lowest BCUT2D eigenvalue weighted by Crippen LogP contribution is -2.22. The summed E-state index contributed by atoms with van der Waals surface area (Å²) in [6.07, 6.45) is 1.79. The molecule has 0 aliphatic carbocycles. The highest BCUT2D eigenvalue weighted by atomic mass is 127. The number of nitrogens with zero attached hydrogens (tertiary/aromatic N) is 2. The highest BCUT2D eigenvalue weighted by Crippen LogP contribution is 2.18. The predicted octanol–water partition coefficient (Wildman–Crippen LogP) is 4.56. The van der Waals surface area contributed by atoms with Crippen LogP contribution in [0, 0.1) is 0 Å². The molecule has 152 valence electrons. The molecule has 0 aliphatic rings. The van der Waals surface area contributed by atoms with Crippen molar-refractivity contribution >= 4 is 35.6 Å². The average molecular weight is 502 g/mol. The molecule has 0 unspecified atom stereocenters. The molecule has 0 spiro atoms. The molecule has 1 heterocycles. The highest BCUT2D eigenvalue weighted by Gasteiger charge is 2.02. The van der Waals surface area contributed by atoms with Gasteiger partial charge >= 0.3 is 0 Å². The Balaban J connectivity index is 0.00000300. The minimum absolute atomic E-state index is 0. The maximum atomic E-state index is 11.8. The van der Waals surface area contributed by atoms with E-state index in [-0.39, 0.29) is 29.5 Å². The first-order chi connectivity index (χ1) is 13.5. The summed E-state index contributed by atoms with van der Waals surface area (Å²) in [6, 6.07) is 21.4. The van der Waals surface area contributed by atoms with E-state index in [1.54, 1.807) is 22.9 Å². The zero-order chi connectivity index (χ0) is 19.9. The number of pyridine rings is 1. The number of guanidine groups is 1. The lowest BCUT2D eigenvalue weighted by atomic mass is 10.0. The van der Waals surface area contributed by atoms with Crippen LogP contribution in [0.25, 0.3) is 0 Å². The number of rotatable bonds is 6. The summed E-state index contributed by atoms with van der Waals surface area (Å²) >= 11 is 0. The number of aliphatic imine (C=N–C) groups is 1. The van der Waals surface area contributed by atoms with Crippen molar-refractivity contribution in [3.8, 4) is 0 Å². The summed E-state index contributed by atoms with van der Waals surface area (Å²) in [7, 11) is 0. The van der Waals surface area contributed by atoms with Gasteiger partial charge in [-0.25, -0.2) is 4.99 Å². The first-order valence-corrected chi connectivity index (χ1v) is 9.41. The van der Waals surface area contributed by atoms with Crippen LogP contribution in [0.3, 0.4) is 0 Å². The van der Waals surface area contributed by atoms with Crippen LogP contribution in [0.5, 0.6) is 0 Å². The van der Waals surface area contributed by atoms with Gasteiger partial charge in [-0.3, -0.25) is 4.79 Å². The molecule has 6 heteroatoms. The first kappa shape index (κ1) is 22.7. The zero-order valence-electron chi connectivity index (χ0n) is 16.7. The molecule has 1 aromatic heterocycles. The Labute approximate surface area is 188 Å². The van der Waals surface area contributed by atoms with E-state index in [2.05, 4.69) is 36.3 Å². The summed E-state index contributed by atoms with van der Waals surface area (Å²) < 4.78 is 1.68. The van der Waals surface area contributed by atoms with Crippen molar-refractivity contribution in [3.05, 3.63) is 100.0 Å². The third kappa shape index (κ3) is 6.74. The van der Waals surface area contributed by atoms with Gasteiger partial charge in [-0.1, -0.05) is 56.3 Å². The van der Waals surface area contributed by atoms with Crippen molar-refractivity contribution in [1.29, 1.82) is 0 Å². The Hall–Kier alpha value is -2.61. The summed E-state index contributed by atoms with van der Waals surface area (Å²) in [5.74, 6) is 0.853. The van der Waals surface area contributed by atoms with E-state index in [0.29, 0.717) is 25.0 Å². The molecule has 0 amide bonds. The number of nitrogens with one attached hydrogen (secondary N) is 1. The molecule has 0 saturated carbocycles. The summed E-state index contributed by atoms with van der Waals surface area (Å²) in [5.41, 5.74) is 10.3. The van der Waals surface area contributed by atoms with Gasteiger partial charge in [0.15, 0.2) is 5.96 Å². The lowest BCUT2D eigenvalue weighted by molar-refractivity contribution is 0.759. The van der Waals surface area contributed by atoms with Crippen LogP contribution in [0.1, 0.15) is 36.5 Å². The second-order valence-electron chi connectivity index (χ2n) is 7.09. The van der Waals surface area contributed by atoms with E-state index in [9.17, 15) is 4.79 Å². The summed E-state index contributed by atoms with van der Waals surface area (Å²) in [4.78, 5) is 16.2. The number of benzene rings is 2. The quantitative estimate of drug-likeness (QED) is 0.295. The fourth-order valence-corrected chi connectivity index (χ4v) is 2.88. The van der Waals surface area contributed by atoms with Crippen LogP contribution in [0.15, 0.2) is 82.7 Å². The highest BCUT2D eigenvalue weighted by molar-refractivity contribution is 14.0. The Morgan fingerprint density at radius 2 is 1.76 bits per heavy atom. The van der Waals surface area contributed by atoms with E-state index < -0.39 is 0 Å². The van der Waals surface area contributed by atoms with Crippen molar-refractivity contribution in [2.45, 2.75) is 32.9 Å². The molecule has 0 fully saturated rings. The van der Waals surface area contributed by atoms with Gasteiger partial charge in [-0.2, -0.15) is 0 Å². The Morgan fingerprint density at radius 1 is 1.03 bits per heavy atom. The van der Waals surface area contributed by atoms with Gasteiger partial charge in [0.25, 0.3) is 5.56 Å². The minimum Gasteiger partial charge on any atom is -0.370 e. The van der Waals surface area contributed by atoms with Gasteiger partial charge in [0, 0.05) is 18.0 Å². The van der Waals surface area contributed by atoms with Gasteiger partial charge in [0.2, 0.25) is 0 Å². The smallest absolute Gasteiger partial charge is 0.250 e. The first-order valence-electron chi connectivity index (χ1n) is 9.41. The molecule has 0 atom stereocenters. The number of aromatic nitrogens is 1. The molecule has 0 saturated heterocycles. The van der Waals surface area contributed by atoms with E-state index in [4.69, 9.17) is 5.73 Å². The SMILES string of the molecule is CC(C)c1cccc(NC(N)=NCc2ccc(Cn3ccccc3=O)cc2)c1.I. The van der Waals surface area contributed by atoms with E-state index in [1.165, 1.54) is 5.56 Å². The largest absolute Gasteiger partial charge is 0.370 e. The standard InChI is InChI=1S/C23H26N4O.HI/c1-17(2)20-6-5-7-21(14-20)26-23(24)25-15-18-9-11-19(12-10-18)16-27-13-4-3-8-22(27)28;/h3-14,17H,15-16H2,1-2H3,(H3,24,25,26);1H. The number of nitrogens with two attached hydrogens (primary N) is 1. The van der Waals surface area contributed by atoms with E-state index in [0.717, 1.165) is 16.8 Å². The molecule has 0 aliphatic heterocycles. The number of hydrogen-bond acceptors (Lipinski definition) is 2. The molecule has 3 aromatic rings. The van der Waals surface area contributed by atoms with Crippen molar-refractivity contribution in [2.75, 3.05) is 5.32 Å². The van der Waals surface area contributed by atoms with Gasteiger partial charge in [-0.05, 0) is 40.8 Å². The molecule has 5 nitrogen and oxygen atoms in total. The van der Waals surface area contributed by atoms with Crippen molar-refractivity contribution in [3.63, 3.8) is 0 Å². The van der Waals surface area contributed by atoms with Crippen LogP contribution in [0.2, 0.25) is 0 Å². The predicted molar refractivity (Wildman–Crippen MR) is 131 cm³/mol. The molecule has 29 heavy (non-hydrogen) atoms. The van der Waals surface area contributed by atoms with Crippen LogP contribution >= 0.6 is 24.0 Å². The van der Waals surface area contributed by atoms with Gasteiger partial charge in [0.05, 0.1) is 13.1 Å². The Bertz CT molecular complexity index is 1010. The van der Waals surface area contributed by atoms with Crippen LogP contribution in [-0.4, -0.2) is 10.5 Å². The molecule has 0 bridgehead atoms. The summed E-state index contributed by atoms with van der Waals surface area (Å²) in [6.45, 7) is 5.37. The van der Waals surface area contributed by atoms with Gasteiger partial charge in [-0.15, -0.1) is 24.0 Å². The fourth-order valence-electron chi connectivity index (χ4n) is 2.88. The van der Waals surface area contributed by atoms with Crippen LogP contribution in [0.4, 0.5) is 5.69 Å². The lowest BCUT2D eigenvalue weighted by Gasteiger charge is -2.10. The van der Waals surface area contributed by atoms with Crippen LogP contribution < -0.4 is 16.6 Å². The summed E-state index contributed by atoms with van der Waals surface area (Å²) in [5, 5.41) is 3.15. The van der Waals surface area contributed by atoms with Crippen molar-refractivity contribution < 1.29 is 0 Å². The monoisotopic (exact) mass is 502 g/mol. The third-order valence-corrected chi connectivity index (χ3v) is 4.53. The van der Waals surface area contributed by atoms with Crippen LogP contribution in [-0.2, 0) is 13.1 Å². The van der Waals surface area contributed by atoms with Crippen molar-refractivity contribution in [2.24, 2.45) is 10.7 Å². The normalized spacial score (nSPS) is 11.2. The Kier molecular flexibility index (Phi) is 8.45. The number of halogens is 1. The molecule has 2 aromatic carbocycles. The molecule has 3 rings (SSSR count). The van der Waals surface area contributed by atoms with Crippen molar-refractivity contribution in [1.82, 2.24) is 4.57 Å². The third-order valence-electron chi connectivity index (χ3n) is 4.53. The van der Waals surface area contributed by atoms with Gasteiger partial charge < -0.3 is 15.6 Å². The minimum atomic E-state index is -0.00318. The fraction of sp³-hybridized carbons (Fsp3) is 0.217. The van der Waals surface area contributed by atoms with Gasteiger partial charge in [0.1, 0.15) is 0 Å². The van der Waals surface area contributed by atoms with E-state index >= 15 is 0 Å². The second-order valence-corrected chi connectivity index (χ2v) is 7.09. The number of anilines is 1.